The molecule has 0 radical (unpaired) electrons. The first-order valence-electron chi connectivity index (χ1n) is 11.1. The highest BCUT2D eigenvalue weighted by atomic mass is 16.7. The highest BCUT2D eigenvalue weighted by molar-refractivity contribution is 6.07. The molecule has 4 rings (SSSR count). The predicted octanol–water partition coefficient (Wildman–Crippen LogP) is 1.89. The summed E-state index contributed by atoms with van der Waals surface area (Å²) in [4.78, 5) is 38.9. The molecular formula is C24H28N4O6. The van der Waals surface area contributed by atoms with Crippen LogP contribution in [0.3, 0.4) is 0 Å². The predicted molar refractivity (Wildman–Crippen MR) is 125 cm³/mol. The van der Waals surface area contributed by atoms with Crippen LogP contribution >= 0.6 is 0 Å². The van der Waals surface area contributed by atoms with Crippen molar-refractivity contribution in [2.24, 2.45) is 5.73 Å². The molecule has 180 valence electrons. The van der Waals surface area contributed by atoms with Gasteiger partial charge >= 0.3 is 0 Å². The fourth-order valence-corrected chi connectivity index (χ4v) is 4.12. The Balaban J connectivity index is 1.63. The van der Waals surface area contributed by atoms with Crippen LogP contribution in [-0.4, -0.2) is 56.4 Å². The first-order chi connectivity index (χ1) is 16.3. The summed E-state index contributed by atoms with van der Waals surface area (Å²) < 4.78 is 16.3. The molecule has 0 saturated carbocycles. The average Bonchev–Trinajstić information content (AvgIpc) is 3.27. The number of morpholine rings is 1. The summed E-state index contributed by atoms with van der Waals surface area (Å²) in [5.41, 5.74) is 7.17. The van der Waals surface area contributed by atoms with Gasteiger partial charge in [0.05, 0.1) is 24.6 Å². The number of primary amides is 1. The molecule has 2 heterocycles. The maximum atomic E-state index is 13.1. The molecule has 2 unspecified atom stereocenters. The molecule has 10 heteroatoms. The molecule has 0 bridgehead atoms. The Morgan fingerprint density at radius 3 is 2.38 bits per heavy atom. The van der Waals surface area contributed by atoms with Crippen LogP contribution in [-0.2, 0) is 9.53 Å². The minimum absolute atomic E-state index is 0.0420. The zero-order valence-corrected chi connectivity index (χ0v) is 19.1. The van der Waals surface area contributed by atoms with Crippen LogP contribution in [0.2, 0.25) is 0 Å². The lowest BCUT2D eigenvalue weighted by molar-refractivity contribution is -0.117. The first-order valence-corrected chi connectivity index (χ1v) is 11.1. The number of rotatable bonds is 7. The minimum atomic E-state index is -0.498. The van der Waals surface area contributed by atoms with Gasteiger partial charge < -0.3 is 35.5 Å². The van der Waals surface area contributed by atoms with Crippen LogP contribution in [0.4, 0.5) is 11.4 Å². The summed E-state index contributed by atoms with van der Waals surface area (Å²) in [6.45, 7) is 5.44. The van der Waals surface area contributed by atoms with Gasteiger partial charge in [0.2, 0.25) is 12.7 Å². The highest BCUT2D eigenvalue weighted by Crippen LogP contribution is 2.35. The molecule has 2 aromatic carbocycles. The number of ether oxygens (including phenoxy) is 3. The second-order valence-electron chi connectivity index (χ2n) is 8.37. The first kappa shape index (κ1) is 23.4. The fraction of sp³-hybridized carbons (Fsp3) is 0.375. The number of amides is 3. The number of hydrogen-bond donors (Lipinski definition) is 3. The maximum Gasteiger partial charge on any atom is 0.255 e. The van der Waals surface area contributed by atoms with Gasteiger partial charge in [0.25, 0.3) is 11.8 Å². The molecule has 2 atom stereocenters. The lowest BCUT2D eigenvalue weighted by atomic mass is 10.1. The molecule has 34 heavy (non-hydrogen) atoms. The zero-order chi connectivity index (χ0) is 24.2. The minimum Gasteiger partial charge on any atom is -0.454 e. The monoisotopic (exact) mass is 468 g/mol. The van der Waals surface area contributed by atoms with E-state index in [0.717, 1.165) is 5.69 Å². The number of nitrogens with one attached hydrogen (secondary N) is 2. The summed E-state index contributed by atoms with van der Waals surface area (Å²) in [5.74, 6) is -0.120. The lowest BCUT2D eigenvalue weighted by Crippen LogP contribution is -2.50. The van der Waals surface area contributed by atoms with Crippen molar-refractivity contribution in [2.45, 2.75) is 32.4 Å². The summed E-state index contributed by atoms with van der Waals surface area (Å²) >= 11 is 0. The van der Waals surface area contributed by atoms with Gasteiger partial charge in [-0.25, -0.2) is 0 Å². The van der Waals surface area contributed by atoms with E-state index in [9.17, 15) is 14.4 Å². The Kier molecular flexibility index (Phi) is 6.87. The summed E-state index contributed by atoms with van der Waals surface area (Å²) in [7, 11) is 0. The van der Waals surface area contributed by atoms with Gasteiger partial charge in [0.1, 0.15) is 0 Å². The number of nitrogens with zero attached hydrogens (tertiary/aromatic N) is 1. The summed E-state index contributed by atoms with van der Waals surface area (Å²) in [6, 6.07) is 10.2. The van der Waals surface area contributed by atoms with E-state index in [0.29, 0.717) is 41.5 Å². The quantitative estimate of drug-likeness (QED) is 0.565. The average molecular weight is 469 g/mol. The summed E-state index contributed by atoms with van der Waals surface area (Å²) in [6.07, 6.45) is 0.0420. The van der Waals surface area contributed by atoms with Crippen molar-refractivity contribution in [1.29, 1.82) is 0 Å². The topological polar surface area (TPSA) is 132 Å². The Morgan fingerprint density at radius 2 is 1.65 bits per heavy atom. The SMILES string of the molecule is CC1COCC(C)N1c1ccc(C(=O)NCCC(N)=O)cc1NC(=O)c1ccc2c(c1)OCO2. The van der Waals surface area contributed by atoms with E-state index < -0.39 is 5.91 Å². The van der Waals surface area contributed by atoms with Crippen molar-refractivity contribution < 1.29 is 28.6 Å². The van der Waals surface area contributed by atoms with Crippen LogP contribution in [0.1, 0.15) is 41.0 Å². The van der Waals surface area contributed by atoms with Gasteiger partial charge in [0, 0.05) is 36.2 Å². The number of anilines is 2. The molecular weight excluding hydrogens is 440 g/mol. The molecule has 3 amide bonds. The smallest absolute Gasteiger partial charge is 0.255 e. The van der Waals surface area contributed by atoms with Gasteiger partial charge in [-0.15, -0.1) is 0 Å². The molecule has 0 spiro atoms. The van der Waals surface area contributed by atoms with E-state index in [4.69, 9.17) is 19.9 Å². The maximum absolute atomic E-state index is 13.1. The van der Waals surface area contributed by atoms with Crippen molar-refractivity contribution in [2.75, 3.05) is 36.8 Å². The largest absolute Gasteiger partial charge is 0.454 e. The van der Waals surface area contributed by atoms with Crippen molar-refractivity contribution in [3.05, 3.63) is 47.5 Å². The summed E-state index contributed by atoms with van der Waals surface area (Å²) in [5, 5.41) is 5.62. The van der Waals surface area contributed by atoms with Crippen LogP contribution in [0.15, 0.2) is 36.4 Å². The molecule has 1 fully saturated rings. The highest BCUT2D eigenvalue weighted by Gasteiger charge is 2.28. The van der Waals surface area contributed by atoms with Gasteiger partial charge in [-0.1, -0.05) is 0 Å². The van der Waals surface area contributed by atoms with E-state index in [1.807, 2.05) is 19.9 Å². The molecule has 4 N–H and O–H groups in total. The normalized spacial score (nSPS) is 18.9. The van der Waals surface area contributed by atoms with Crippen LogP contribution in [0, 0.1) is 0 Å². The fourth-order valence-electron chi connectivity index (χ4n) is 4.12. The number of carbonyl (C=O) groups is 3. The van der Waals surface area contributed by atoms with Crippen LogP contribution < -0.4 is 30.7 Å². The van der Waals surface area contributed by atoms with Gasteiger partial charge in [-0.05, 0) is 50.2 Å². The van der Waals surface area contributed by atoms with Crippen molar-refractivity contribution in [1.82, 2.24) is 5.32 Å². The molecule has 2 aliphatic rings. The van der Waals surface area contributed by atoms with Crippen LogP contribution in [0.5, 0.6) is 11.5 Å². The molecule has 1 saturated heterocycles. The van der Waals surface area contributed by atoms with E-state index in [1.165, 1.54) is 0 Å². The molecule has 0 aromatic heterocycles. The Labute approximate surface area is 197 Å². The standard InChI is InChI=1S/C24H28N4O6/c1-14-11-32-12-15(2)28(14)19-5-3-16(23(30)26-8-7-22(25)29)9-18(19)27-24(31)17-4-6-20-21(10-17)34-13-33-20/h3-6,9-10,14-15H,7-8,11-13H2,1-2H3,(H2,25,29)(H,26,30)(H,27,31). The molecule has 2 aromatic rings. The van der Waals surface area contributed by atoms with Crippen LogP contribution in [0.25, 0.3) is 0 Å². The van der Waals surface area contributed by atoms with Crippen molar-refractivity contribution in [3.63, 3.8) is 0 Å². The third-order valence-corrected chi connectivity index (χ3v) is 5.74. The Hall–Kier alpha value is -3.79. The second kappa shape index (κ2) is 10.0. The van der Waals surface area contributed by atoms with E-state index in [-0.39, 0.29) is 43.7 Å². The zero-order valence-electron chi connectivity index (χ0n) is 19.1. The van der Waals surface area contributed by atoms with Crippen molar-refractivity contribution in [3.8, 4) is 11.5 Å². The molecule has 2 aliphatic heterocycles. The number of hydrogen-bond acceptors (Lipinski definition) is 7. The van der Waals surface area contributed by atoms with Gasteiger partial charge in [0.15, 0.2) is 11.5 Å². The van der Waals surface area contributed by atoms with E-state index >= 15 is 0 Å². The van der Waals surface area contributed by atoms with E-state index in [2.05, 4.69) is 15.5 Å². The number of benzene rings is 2. The van der Waals surface area contributed by atoms with E-state index in [1.54, 1.807) is 30.3 Å². The number of nitrogens with two attached hydrogens (primary N) is 1. The molecule has 10 nitrogen and oxygen atoms in total. The Bertz CT molecular complexity index is 1090. The third kappa shape index (κ3) is 5.07. The molecule has 0 aliphatic carbocycles. The second-order valence-corrected chi connectivity index (χ2v) is 8.37. The number of fused-ring (bicyclic) bond motifs is 1. The third-order valence-electron chi connectivity index (χ3n) is 5.74. The number of carbonyl (C=O) groups excluding carboxylic acids is 3. The van der Waals surface area contributed by atoms with Gasteiger partial charge in [-0.2, -0.15) is 0 Å². The van der Waals surface area contributed by atoms with Gasteiger partial charge in [-0.3, -0.25) is 14.4 Å². The van der Waals surface area contributed by atoms with Crippen molar-refractivity contribution >= 4 is 29.1 Å². The lowest BCUT2D eigenvalue weighted by Gasteiger charge is -2.41. The Morgan fingerprint density at radius 1 is 0.971 bits per heavy atom.